The standard InChI is InChI=1S/C11H9N7O3S/c1-6-4-7(17-21-6)15-9-8(18(19)20)10(14-5-13-9)16-11-12-2-3-22-11/h2-5H,1H3,(H2,12,13,14,15,16,17). The first-order valence-corrected chi connectivity index (χ1v) is 6.87. The topological polar surface area (TPSA) is 132 Å². The molecule has 0 bridgehead atoms. The molecule has 3 heterocycles. The molecule has 0 radical (unpaired) electrons. The lowest BCUT2D eigenvalue weighted by Gasteiger charge is -2.06. The molecule has 3 aromatic rings. The number of nitrogens with one attached hydrogen (secondary N) is 2. The number of nitrogens with zero attached hydrogens (tertiary/aromatic N) is 5. The van der Waals surface area contributed by atoms with Crippen molar-refractivity contribution in [3.63, 3.8) is 0 Å². The van der Waals surface area contributed by atoms with Gasteiger partial charge in [0.2, 0.25) is 11.6 Å². The fourth-order valence-electron chi connectivity index (χ4n) is 1.67. The summed E-state index contributed by atoms with van der Waals surface area (Å²) in [6, 6.07) is 1.60. The highest BCUT2D eigenvalue weighted by atomic mass is 32.1. The second-order valence-corrected chi connectivity index (χ2v) is 4.98. The molecule has 0 unspecified atom stereocenters. The van der Waals surface area contributed by atoms with Crippen LogP contribution in [0.15, 0.2) is 28.5 Å². The summed E-state index contributed by atoms with van der Waals surface area (Å²) >= 11 is 1.30. The number of rotatable bonds is 5. The molecule has 11 heteroatoms. The van der Waals surface area contributed by atoms with E-state index in [-0.39, 0.29) is 17.3 Å². The first-order chi connectivity index (χ1) is 10.6. The first-order valence-electron chi connectivity index (χ1n) is 5.99. The molecule has 22 heavy (non-hydrogen) atoms. The molecular formula is C11H9N7O3S. The molecule has 0 aliphatic rings. The van der Waals surface area contributed by atoms with Gasteiger partial charge < -0.3 is 15.2 Å². The molecule has 112 valence electrons. The maximum absolute atomic E-state index is 11.4. The molecule has 0 aliphatic heterocycles. The molecule has 0 amide bonds. The molecule has 0 fully saturated rings. The quantitative estimate of drug-likeness (QED) is 0.537. The summed E-state index contributed by atoms with van der Waals surface area (Å²) in [6.45, 7) is 1.71. The smallest absolute Gasteiger partial charge is 0.354 e. The van der Waals surface area contributed by atoms with Crippen LogP contribution >= 0.6 is 11.3 Å². The van der Waals surface area contributed by atoms with E-state index in [0.717, 1.165) is 0 Å². The largest absolute Gasteiger partial charge is 0.360 e. The van der Waals surface area contributed by atoms with E-state index >= 15 is 0 Å². The van der Waals surface area contributed by atoms with Crippen LogP contribution in [0.5, 0.6) is 0 Å². The van der Waals surface area contributed by atoms with Gasteiger partial charge in [-0.3, -0.25) is 10.1 Å². The number of aryl methyl sites for hydroxylation is 1. The molecule has 0 saturated carbocycles. The normalized spacial score (nSPS) is 10.4. The Kier molecular flexibility index (Phi) is 3.62. The van der Waals surface area contributed by atoms with Gasteiger partial charge in [0.05, 0.1) is 4.92 Å². The molecule has 0 saturated heterocycles. The average Bonchev–Trinajstić information content (AvgIpc) is 3.11. The number of aromatic nitrogens is 4. The third-order valence-corrected chi connectivity index (χ3v) is 3.23. The Hall–Kier alpha value is -3.08. The van der Waals surface area contributed by atoms with Crippen LogP contribution in [-0.2, 0) is 0 Å². The van der Waals surface area contributed by atoms with Crippen LogP contribution in [0, 0.1) is 17.0 Å². The van der Waals surface area contributed by atoms with E-state index in [9.17, 15) is 10.1 Å². The van der Waals surface area contributed by atoms with Crippen molar-refractivity contribution in [2.24, 2.45) is 0 Å². The van der Waals surface area contributed by atoms with Crippen molar-refractivity contribution in [2.75, 3.05) is 10.6 Å². The van der Waals surface area contributed by atoms with Crippen molar-refractivity contribution in [1.82, 2.24) is 20.1 Å². The second kappa shape index (κ2) is 5.73. The van der Waals surface area contributed by atoms with E-state index in [0.29, 0.717) is 16.7 Å². The van der Waals surface area contributed by atoms with E-state index in [4.69, 9.17) is 4.52 Å². The number of anilines is 4. The fraction of sp³-hybridized carbons (Fsp3) is 0.0909. The molecule has 0 aliphatic carbocycles. The van der Waals surface area contributed by atoms with Crippen LogP contribution in [0.4, 0.5) is 28.3 Å². The van der Waals surface area contributed by atoms with Crippen LogP contribution in [-0.4, -0.2) is 25.0 Å². The number of nitro groups is 1. The lowest BCUT2D eigenvalue weighted by atomic mass is 10.4. The zero-order chi connectivity index (χ0) is 15.5. The highest BCUT2D eigenvalue weighted by molar-refractivity contribution is 7.13. The Morgan fingerprint density at radius 1 is 1.27 bits per heavy atom. The van der Waals surface area contributed by atoms with E-state index < -0.39 is 4.92 Å². The molecule has 3 aromatic heterocycles. The van der Waals surface area contributed by atoms with Gasteiger partial charge in [-0.05, 0) is 6.92 Å². The molecular weight excluding hydrogens is 310 g/mol. The summed E-state index contributed by atoms with van der Waals surface area (Å²) in [5.41, 5.74) is -0.307. The van der Waals surface area contributed by atoms with Gasteiger partial charge in [-0.1, -0.05) is 5.16 Å². The predicted octanol–water partition coefficient (Wildman–Crippen LogP) is 2.62. The Morgan fingerprint density at radius 3 is 2.64 bits per heavy atom. The summed E-state index contributed by atoms with van der Waals surface area (Å²) < 4.78 is 4.90. The third-order valence-electron chi connectivity index (χ3n) is 2.54. The van der Waals surface area contributed by atoms with Crippen LogP contribution < -0.4 is 10.6 Å². The van der Waals surface area contributed by atoms with Crippen LogP contribution in [0.3, 0.4) is 0 Å². The summed E-state index contributed by atoms with van der Waals surface area (Å²) in [7, 11) is 0. The van der Waals surface area contributed by atoms with Gasteiger partial charge in [-0.2, -0.15) is 0 Å². The van der Waals surface area contributed by atoms with Crippen molar-refractivity contribution in [1.29, 1.82) is 0 Å². The molecule has 0 aromatic carbocycles. The zero-order valence-electron chi connectivity index (χ0n) is 11.2. The molecule has 2 N–H and O–H groups in total. The van der Waals surface area contributed by atoms with E-state index in [1.807, 2.05) is 0 Å². The minimum absolute atomic E-state index is 0.00681. The predicted molar refractivity (Wildman–Crippen MR) is 78.6 cm³/mol. The zero-order valence-corrected chi connectivity index (χ0v) is 12.0. The number of thiazole rings is 1. The van der Waals surface area contributed by atoms with Gasteiger partial charge in [0, 0.05) is 17.6 Å². The average molecular weight is 319 g/mol. The van der Waals surface area contributed by atoms with Gasteiger partial charge in [0.25, 0.3) is 0 Å². The summed E-state index contributed by atoms with van der Waals surface area (Å²) in [4.78, 5) is 22.6. The maximum atomic E-state index is 11.4. The van der Waals surface area contributed by atoms with Gasteiger partial charge >= 0.3 is 5.69 Å². The lowest BCUT2D eigenvalue weighted by molar-refractivity contribution is -0.383. The minimum Gasteiger partial charge on any atom is -0.360 e. The Bertz CT molecular complexity index is 802. The van der Waals surface area contributed by atoms with E-state index in [1.54, 1.807) is 24.6 Å². The summed E-state index contributed by atoms with van der Waals surface area (Å²) in [6.07, 6.45) is 2.79. The van der Waals surface area contributed by atoms with Crippen molar-refractivity contribution in [2.45, 2.75) is 6.92 Å². The van der Waals surface area contributed by atoms with Crippen LogP contribution in [0.2, 0.25) is 0 Å². The molecule has 0 spiro atoms. The molecule has 0 atom stereocenters. The van der Waals surface area contributed by atoms with Crippen LogP contribution in [0.25, 0.3) is 0 Å². The summed E-state index contributed by atoms with van der Waals surface area (Å²) in [5, 5.41) is 22.8. The summed E-state index contributed by atoms with van der Waals surface area (Å²) in [5.74, 6) is 0.935. The van der Waals surface area contributed by atoms with Crippen molar-refractivity contribution < 1.29 is 9.45 Å². The fourth-order valence-corrected chi connectivity index (χ4v) is 2.20. The first kappa shape index (κ1) is 13.9. The van der Waals surface area contributed by atoms with Gasteiger partial charge in [0.1, 0.15) is 12.1 Å². The van der Waals surface area contributed by atoms with Gasteiger partial charge in [0.15, 0.2) is 10.9 Å². The number of hydrogen-bond donors (Lipinski definition) is 2. The Labute approximate surface area is 127 Å². The monoisotopic (exact) mass is 319 g/mol. The highest BCUT2D eigenvalue weighted by Gasteiger charge is 2.24. The number of hydrogen-bond acceptors (Lipinski definition) is 10. The van der Waals surface area contributed by atoms with E-state index in [1.165, 1.54) is 17.7 Å². The Morgan fingerprint density at radius 2 is 2.05 bits per heavy atom. The maximum Gasteiger partial charge on any atom is 0.354 e. The Balaban J connectivity index is 1.97. The van der Waals surface area contributed by atoms with Crippen molar-refractivity contribution in [3.05, 3.63) is 39.8 Å². The van der Waals surface area contributed by atoms with Crippen molar-refractivity contribution >= 4 is 39.6 Å². The SMILES string of the molecule is Cc1cc(Nc2ncnc(Nc3nccs3)c2[N+](=O)[O-])no1. The lowest BCUT2D eigenvalue weighted by Crippen LogP contribution is -2.05. The second-order valence-electron chi connectivity index (χ2n) is 4.09. The van der Waals surface area contributed by atoms with Gasteiger partial charge in [-0.15, -0.1) is 11.3 Å². The minimum atomic E-state index is -0.578. The highest BCUT2D eigenvalue weighted by Crippen LogP contribution is 2.33. The van der Waals surface area contributed by atoms with Crippen LogP contribution in [0.1, 0.15) is 5.76 Å². The van der Waals surface area contributed by atoms with Gasteiger partial charge in [-0.25, -0.2) is 15.0 Å². The third kappa shape index (κ3) is 2.83. The molecule has 10 nitrogen and oxygen atoms in total. The molecule has 3 rings (SSSR count). The van der Waals surface area contributed by atoms with E-state index in [2.05, 4.69) is 30.7 Å². The van der Waals surface area contributed by atoms with Crippen molar-refractivity contribution in [3.8, 4) is 0 Å².